The van der Waals surface area contributed by atoms with Crippen LogP contribution in [0.3, 0.4) is 0 Å². The van der Waals surface area contributed by atoms with Crippen LogP contribution in [0.1, 0.15) is 62.7 Å². The highest BCUT2D eigenvalue weighted by atomic mass is 19.1. The number of nitrogens with zero attached hydrogens (tertiary/aromatic N) is 2. The lowest BCUT2D eigenvalue weighted by Gasteiger charge is -2.36. The Morgan fingerprint density at radius 2 is 1.68 bits per heavy atom. The molecule has 0 bridgehead atoms. The smallest absolute Gasteiger partial charge is 0.255 e. The van der Waals surface area contributed by atoms with Crippen LogP contribution in [0.5, 0.6) is 5.75 Å². The summed E-state index contributed by atoms with van der Waals surface area (Å²) in [6.07, 6.45) is 4.55. The zero-order valence-electron chi connectivity index (χ0n) is 22.1. The van der Waals surface area contributed by atoms with Gasteiger partial charge in [-0.15, -0.1) is 0 Å². The summed E-state index contributed by atoms with van der Waals surface area (Å²) in [4.78, 5) is 29.0. The van der Waals surface area contributed by atoms with Crippen LogP contribution < -0.4 is 10.5 Å². The van der Waals surface area contributed by atoms with Gasteiger partial charge in [0.25, 0.3) is 5.91 Å². The lowest BCUT2D eigenvalue weighted by molar-refractivity contribution is -0.121. The molecule has 6 nitrogen and oxygen atoms in total. The Kier molecular flexibility index (Phi) is 8.85. The molecular weight excluding hydrogens is 469 g/mol. The van der Waals surface area contributed by atoms with Gasteiger partial charge in [-0.05, 0) is 86.9 Å². The molecule has 0 aliphatic carbocycles. The Morgan fingerprint density at radius 3 is 2.32 bits per heavy atom. The molecule has 200 valence electrons. The van der Waals surface area contributed by atoms with Crippen LogP contribution >= 0.6 is 0 Å². The molecule has 7 heteroatoms. The molecule has 0 aromatic heterocycles. The van der Waals surface area contributed by atoms with E-state index in [9.17, 15) is 14.0 Å². The lowest BCUT2D eigenvalue weighted by Crippen LogP contribution is -2.44. The molecule has 2 N–H and O–H groups in total. The third-order valence-electron chi connectivity index (χ3n) is 8.13. The number of rotatable bonds is 10. The minimum absolute atomic E-state index is 0.161. The van der Waals surface area contributed by atoms with Crippen molar-refractivity contribution in [2.75, 3.05) is 32.8 Å². The highest BCUT2D eigenvalue weighted by Crippen LogP contribution is 2.30. The topological polar surface area (TPSA) is 75.9 Å². The van der Waals surface area contributed by atoms with Crippen molar-refractivity contribution in [1.82, 2.24) is 9.80 Å². The molecule has 2 aliphatic heterocycles. The van der Waals surface area contributed by atoms with E-state index in [0.717, 1.165) is 49.2 Å². The van der Waals surface area contributed by atoms with Crippen LogP contribution in [0, 0.1) is 5.92 Å². The normalized spacial score (nSPS) is 19.2. The summed E-state index contributed by atoms with van der Waals surface area (Å²) < 4.78 is 20.8. The van der Waals surface area contributed by atoms with Gasteiger partial charge in [0.2, 0.25) is 5.91 Å². The second-order valence-corrected chi connectivity index (χ2v) is 10.5. The molecular formula is C30H40FN3O3. The van der Waals surface area contributed by atoms with Gasteiger partial charge in [-0.3, -0.25) is 9.59 Å². The molecule has 2 aromatic carbocycles. The van der Waals surface area contributed by atoms with Crippen molar-refractivity contribution in [2.45, 2.75) is 64.1 Å². The average molecular weight is 510 g/mol. The van der Waals surface area contributed by atoms with Crippen molar-refractivity contribution in [3.8, 4) is 16.9 Å². The fraction of sp³-hybridized carbons (Fsp3) is 0.533. The van der Waals surface area contributed by atoms with E-state index in [1.54, 1.807) is 11.0 Å². The van der Waals surface area contributed by atoms with E-state index in [1.807, 2.05) is 56.3 Å². The molecule has 2 aliphatic rings. The maximum atomic E-state index is 14.7. The van der Waals surface area contributed by atoms with Gasteiger partial charge in [0.15, 0.2) is 0 Å². The molecule has 0 spiro atoms. The SMILES string of the molecule is CCC(F)(CC)CN1CCC(COc2ccc(-c3ccccc3C(=O)N3CCCC3C(N)=O)cc2)CC1. The van der Waals surface area contributed by atoms with Crippen molar-refractivity contribution in [3.05, 3.63) is 54.1 Å². The number of amides is 2. The first-order chi connectivity index (χ1) is 17.8. The molecule has 2 fully saturated rings. The van der Waals surface area contributed by atoms with Gasteiger partial charge in [-0.2, -0.15) is 0 Å². The predicted molar refractivity (Wildman–Crippen MR) is 144 cm³/mol. The van der Waals surface area contributed by atoms with E-state index in [-0.39, 0.29) is 5.91 Å². The molecule has 2 aromatic rings. The first-order valence-electron chi connectivity index (χ1n) is 13.7. The minimum Gasteiger partial charge on any atom is -0.493 e. The Morgan fingerprint density at radius 1 is 1.00 bits per heavy atom. The Balaban J connectivity index is 1.34. The van der Waals surface area contributed by atoms with E-state index in [1.165, 1.54) is 0 Å². The van der Waals surface area contributed by atoms with E-state index in [2.05, 4.69) is 4.90 Å². The number of ether oxygens (including phenoxy) is 1. The van der Waals surface area contributed by atoms with Crippen molar-refractivity contribution < 1.29 is 18.7 Å². The number of nitrogens with two attached hydrogens (primary N) is 1. The van der Waals surface area contributed by atoms with E-state index < -0.39 is 17.6 Å². The van der Waals surface area contributed by atoms with Gasteiger partial charge in [-0.25, -0.2) is 4.39 Å². The van der Waals surface area contributed by atoms with Crippen LogP contribution in [-0.4, -0.2) is 66.1 Å². The summed E-state index contributed by atoms with van der Waals surface area (Å²) in [6, 6.07) is 14.8. The van der Waals surface area contributed by atoms with Crippen LogP contribution in [0.4, 0.5) is 4.39 Å². The largest absolute Gasteiger partial charge is 0.493 e. The minimum atomic E-state index is -1.08. The fourth-order valence-corrected chi connectivity index (χ4v) is 5.51. The zero-order chi connectivity index (χ0) is 26.4. The monoisotopic (exact) mass is 509 g/mol. The van der Waals surface area contributed by atoms with E-state index in [4.69, 9.17) is 10.5 Å². The molecule has 2 amide bonds. The van der Waals surface area contributed by atoms with Gasteiger partial charge in [0, 0.05) is 18.7 Å². The third kappa shape index (κ3) is 6.50. The maximum absolute atomic E-state index is 14.7. The lowest BCUT2D eigenvalue weighted by atomic mass is 9.94. The number of carbonyl (C=O) groups is 2. The summed E-state index contributed by atoms with van der Waals surface area (Å²) in [6.45, 7) is 7.40. The van der Waals surface area contributed by atoms with Gasteiger partial charge in [0.05, 0.1) is 6.61 Å². The zero-order valence-corrected chi connectivity index (χ0v) is 22.1. The van der Waals surface area contributed by atoms with Gasteiger partial charge < -0.3 is 20.3 Å². The average Bonchev–Trinajstić information content (AvgIpc) is 3.43. The van der Waals surface area contributed by atoms with Crippen molar-refractivity contribution in [3.63, 3.8) is 0 Å². The maximum Gasteiger partial charge on any atom is 0.255 e. The van der Waals surface area contributed by atoms with Gasteiger partial charge in [-0.1, -0.05) is 44.2 Å². The first-order valence-corrected chi connectivity index (χ1v) is 13.7. The number of hydrogen-bond acceptors (Lipinski definition) is 4. The summed E-state index contributed by atoms with van der Waals surface area (Å²) >= 11 is 0. The van der Waals surface area contributed by atoms with Crippen LogP contribution in [-0.2, 0) is 4.79 Å². The number of primary amides is 1. The third-order valence-corrected chi connectivity index (χ3v) is 8.13. The number of piperidine rings is 1. The molecule has 2 heterocycles. The van der Waals surface area contributed by atoms with Gasteiger partial charge in [0.1, 0.15) is 17.5 Å². The van der Waals surface area contributed by atoms with E-state index in [0.29, 0.717) is 50.4 Å². The standard InChI is InChI=1S/C30H40FN3O3/c1-3-30(31,4-2)21-33-18-15-22(16-19-33)20-37-24-13-11-23(12-14-24)25-8-5-6-9-26(25)29(36)34-17-7-10-27(34)28(32)35/h5-6,8-9,11-14,22,27H,3-4,7,10,15-21H2,1-2H3,(H2,32,35). The van der Waals surface area contributed by atoms with Crippen LogP contribution in [0.2, 0.25) is 0 Å². The quantitative estimate of drug-likeness (QED) is 0.486. The highest BCUT2D eigenvalue weighted by molar-refractivity contribution is 6.03. The number of likely N-dealkylation sites (tertiary alicyclic amines) is 2. The van der Waals surface area contributed by atoms with Crippen molar-refractivity contribution >= 4 is 11.8 Å². The fourth-order valence-electron chi connectivity index (χ4n) is 5.51. The second-order valence-electron chi connectivity index (χ2n) is 10.5. The molecule has 1 unspecified atom stereocenters. The number of alkyl halides is 1. The van der Waals surface area contributed by atoms with Crippen LogP contribution in [0.25, 0.3) is 11.1 Å². The number of halogens is 1. The number of carbonyl (C=O) groups excluding carboxylic acids is 2. The van der Waals surface area contributed by atoms with E-state index >= 15 is 0 Å². The highest BCUT2D eigenvalue weighted by Gasteiger charge is 2.34. The Hall–Kier alpha value is -2.93. The predicted octanol–water partition coefficient (Wildman–Crippen LogP) is 5.06. The molecule has 2 saturated heterocycles. The summed E-state index contributed by atoms with van der Waals surface area (Å²) in [5.41, 5.74) is 6.76. The number of benzene rings is 2. The molecule has 1 atom stereocenters. The molecule has 37 heavy (non-hydrogen) atoms. The van der Waals surface area contributed by atoms with Crippen molar-refractivity contribution in [1.29, 1.82) is 0 Å². The number of hydrogen-bond donors (Lipinski definition) is 1. The van der Waals surface area contributed by atoms with Gasteiger partial charge >= 0.3 is 0 Å². The molecule has 0 saturated carbocycles. The summed E-state index contributed by atoms with van der Waals surface area (Å²) in [7, 11) is 0. The Labute approximate surface area is 220 Å². The second kappa shape index (κ2) is 12.1. The Bertz CT molecular complexity index is 1060. The summed E-state index contributed by atoms with van der Waals surface area (Å²) in [5, 5.41) is 0. The molecule has 0 radical (unpaired) electrons. The van der Waals surface area contributed by atoms with Crippen molar-refractivity contribution in [2.24, 2.45) is 11.7 Å². The molecule has 4 rings (SSSR count). The van der Waals surface area contributed by atoms with Crippen LogP contribution in [0.15, 0.2) is 48.5 Å². The summed E-state index contributed by atoms with van der Waals surface area (Å²) in [5.74, 6) is 0.646. The first kappa shape index (κ1) is 27.1.